The fourth-order valence-corrected chi connectivity index (χ4v) is 2.67. The number of aromatic amines is 1. The highest BCUT2D eigenvalue weighted by molar-refractivity contribution is 5.95. The van der Waals surface area contributed by atoms with Crippen molar-refractivity contribution < 1.29 is 9.53 Å². The lowest BCUT2D eigenvalue weighted by atomic mass is 10.1. The van der Waals surface area contributed by atoms with E-state index in [1.54, 1.807) is 12.4 Å². The molecular weight excluding hydrogens is 286 g/mol. The number of hydrogen-bond donors (Lipinski definition) is 2. The number of fused-ring (bicyclic) bond motifs is 1. The van der Waals surface area contributed by atoms with E-state index in [0.29, 0.717) is 23.4 Å². The van der Waals surface area contributed by atoms with E-state index >= 15 is 0 Å². The molecule has 118 valence electrons. The van der Waals surface area contributed by atoms with E-state index in [2.05, 4.69) is 20.4 Å². The van der Waals surface area contributed by atoms with E-state index in [-0.39, 0.29) is 5.56 Å². The molecule has 0 unspecified atom stereocenters. The molecule has 3 aliphatic rings. The molecule has 0 atom stereocenters. The summed E-state index contributed by atoms with van der Waals surface area (Å²) >= 11 is 0. The predicted octanol–water partition coefficient (Wildman–Crippen LogP) is -0.632. The maximum absolute atomic E-state index is 11.9. The molecule has 3 aliphatic heterocycles. The number of carbonyl (C=O) groups is 1. The molecule has 8 nitrogen and oxygen atoms in total. The number of esters is 1. The van der Waals surface area contributed by atoms with Crippen LogP contribution in [-0.4, -0.2) is 65.5 Å². The molecule has 8 heteroatoms. The van der Waals surface area contributed by atoms with E-state index < -0.39 is 5.97 Å². The molecular formula is C14H19N5O3. The van der Waals surface area contributed by atoms with Gasteiger partial charge in [0, 0.05) is 51.7 Å². The Hall–Kier alpha value is -2.19. The van der Waals surface area contributed by atoms with Gasteiger partial charge < -0.3 is 14.6 Å². The van der Waals surface area contributed by atoms with Gasteiger partial charge in [-0.05, 0) is 0 Å². The zero-order valence-electron chi connectivity index (χ0n) is 12.5. The maximum Gasteiger partial charge on any atom is 0.341 e. The van der Waals surface area contributed by atoms with Gasteiger partial charge in [-0.2, -0.15) is 5.10 Å². The Morgan fingerprint density at radius 2 is 2.09 bits per heavy atom. The highest BCUT2D eigenvalue weighted by Gasteiger charge is 2.22. The minimum absolute atomic E-state index is 0.295. The number of methoxy groups -OCH3 is 1. The molecule has 3 rings (SSSR count). The summed E-state index contributed by atoms with van der Waals surface area (Å²) in [4.78, 5) is 26.0. The van der Waals surface area contributed by atoms with E-state index in [9.17, 15) is 9.59 Å². The zero-order valence-corrected chi connectivity index (χ0v) is 12.5. The summed E-state index contributed by atoms with van der Waals surface area (Å²) in [5.41, 5.74) is 0.772. The Bertz CT molecular complexity index is 686. The van der Waals surface area contributed by atoms with E-state index in [0.717, 1.165) is 32.7 Å². The largest absolute Gasteiger partial charge is 0.465 e. The van der Waals surface area contributed by atoms with Crippen LogP contribution in [-0.2, 0) is 11.3 Å². The number of pyridine rings is 1. The summed E-state index contributed by atoms with van der Waals surface area (Å²) in [5, 5.41) is 9.60. The van der Waals surface area contributed by atoms with Gasteiger partial charge in [0.2, 0.25) is 0 Å². The van der Waals surface area contributed by atoms with Crippen LogP contribution in [0, 0.1) is 0 Å². The Balaban J connectivity index is 1.85. The number of rotatable bonds is 4. The van der Waals surface area contributed by atoms with E-state index in [1.165, 1.54) is 7.11 Å². The average Bonchev–Trinajstić information content (AvgIpc) is 2.94. The molecule has 0 aromatic rings. The van der Waals surface area contributed by atoms with Crippen LogP contribution in [0.5, 0.6) is 0 Å². The number of piperazine rings is 1. The molecule has 1 fully saturated rings. The SMILES string of the molecule is COC(=O)c1cn(CCN2CCNCC2)cc2c(=O)[nH]nc1-2. The van der Waals surface area contributed by atoms with Crippen LogP contribution in [0.3, 0.4) is 0 Å². The van der Waals surface area contributed by atoms with Gasteiger partial charge in [-0.15, -0.1) is 0 Å². The van der Waals surface area contributed by atoms with Gasteiger partial charge in [0.15, 0.2) is 0 Å². The average molecular weight is 305 g/mol. The summed E-state index contributed by atoms with van der Waals surface area (Å²) in [6, 6.07) is 0. The fraction of sp³-hybridized carbons (Fsp3) is 0.500. The maximum atomic E-state index is 11.9. The third kappa shape index (κ3) is 2.88. The van der Waals surface area contributed by atoms with Gasteiger partial charge in [-0.3, -0.25) is 9.69 Å². The van der Waals surface area contributed by atoms with Crippen molar-refractivity contribution in [2.24, 2.45) is 0 Å². The second-order valence-corrected chi connectivity index (χ2v) is 5.31. The van der Waals surface area contributed by atoms with Crippen molar-refractivity contribution in [3.63, 3.8) is 0 Å². The van der Waals surface area contributed by atoms with E-state index in [4.69, 9.17) is 4.74 Å². The van der Waals surface area contributed by atoms with Crippen molar-refractivity contribution in [2.45, 2.75) is 6.54 Å². The fourth-order valence-electron chi connectivity index (χ4n) is 2.67. The Morgan fingerprint density at radius 1 is 1.32 bits per heavy atom. The van der Waals surface area contributed by atoms with Crippen LogP contribution in [0.2, 0.25) is 0 Å². The van der Waals surface area contributed by atoms with Crippen molar-refractivity contribution in [1.29, 1.82) is 0 Å². The number of hydrogen-bond acceptors (Lipinski definition) is 6. The molecule has 0 aromatic carbocycles. The monoisotopic (exact) mass is 305 g/mol. The topological polar surface area (TPSA) is 92.2 Å². The first kappa shape index (κ1) is 14.7. The van der Waals surface area contributed by atoms with Crippen LogP contribution in [0.15, 0.2) is 17.2 Å². The van der Waals surface area contributed by atoms with Gasteiger partial charge in [0.1, 0.15) is 11.3 Å². The lowest BCUT2D eigenvalue weighted by Crippen LogP contribution is -2.44. The first-order valence-corrected chi connectivity index (χ1v) is 7.28. The Kier molecular flexibility index (Phi) is 4.21. The lowest BCUT2D eigenvalue weighted by Gasteiger charge is -2.27. The summed E-state index contributed by atoms with van der Waals surface area (Å²) < 4.78 is 6.63. The van der Waals surface area contributed by atoms with Crippen molar-refractivity contribution >= 4 is 5.97 Å². The number of H-pyrrole nitrogens is 1. The molecule has 0 radical (unpaired) electrons. The molecule has 0 saturated carbocycles. The minimum atomic E-state index is -0.493. The molecule has 2 N–H and O–H groups in total. The molecule has 0 aromatic heterocycles. The van der Waals surface area contributed by atoms with Gasteiger partial charge in [-0.1, -0.05) is 0 Å². The van der Waals surface area contributed by atoms with Gasteiger partial charge >= 0.3 is 5.97 Å². The third-order valence-electron chi connectivity index (χ3n) is 3.90. The van der Waals surface area contributed by atoms with E-state index in [1.807, 2.05) is 4.57 Å². The van der Waals surface area contributed by atoms with Gasteiger partial charge in [-0.25, -0.2) is 9.89 Å². The molecule has 22 heavy (non-hydrogen) atoms. The predicted molar refractivity (Wildman–Crippen MR) is 80.1 cm³/mol. The third-order valence-corrected chi connectivity index (χ3v) is 3.90. The molecule has 3 heterocycles. The number of nitrogens with one attached hydrogen (secondary N) is 2. The van der Waals surface area contributed by atoms with Crippen molar-refractivity contribution in [1.82, 2.24) is 25.0 Å². The quantitative estimate of drug-likeness (QED) is 0.731. The summed E-state index contributed by atoms with van der Waals surface area (Å²) in [5.74, 6) is -0.493. The highest BCUT2D eigenvalue weighted by atomic mass is 16.5. The van der Waals surface area contributed by atoms with Gasteiger partial charge in [0.05, 0.1) is 12.7 Å². The molecule has 0 aliphatic carbocycles. The number of ether oxygens (including phenoxy) is 1. The zero-order chi connectivity index (χ0) is 15.5. The first-order valence-electron chi connectivity index (χ1n) is 7.28. The summed E-state index contributed by atoms with van der Waals surface area (Å²) in [7, 11) is 1.32. The van der Waals surface area contributed by atoms with Crippen LogP contribution in [0.1, 0.15) is 10.4 Å². The smallest absolute Gasteiger partial charge is 0.341 e. The Morgan fingerprint density at radius 3 is 2.82 bits per heavy atom. The number of aromatic nitrogens is 3. The summed E-state index contributed by atoms with van der Waals surface area (Å²) in [6.07, 6.45) is 3.42. The molecule has 0 bridgehead atoms. The highest BCUT2D eigenvalue weighted by Crippen LogP contribution is 2.20. The van der Waals surface area contributed by atoms with Crippen molar-refractivity contribution in [3.8, 4) is 11.3 Å². The Labute approximate surface area is 127 Å². The summed E-state index contributed by atoms with van der Waals surface area (Å²) in [6.45, 7) is 5.55. The standard InChI is InChI=1S/C14H19N5O3/c1-22-14(21)11-9-19(7-6-18-4-2-15-3-5-18)8-10-12(11)16-17-13(10)20/h8-9,15H,2-7H2,1H3,(H,17,20). The first-order chi connectivity index (χ1) is 10.7. The van der Waals surface area contributed by atoms with Crippen LogP contribution < -0.4 is 10.9 Å². The van der Waals surface area contributed by atoms with Crippen molar-refractivity contribution in [2.75, 3.05) is 39.8 Å². The van der Waals surface area contributed by atoms with Crippen LogP contribution in [0.4, 0.5) is 0 Å². The molecule has 0 spiro atoms. The van der Waals surface area contributed by atoms with Gasteiger partial charge in [0.25, 0.3) is 5.56 Å². The minimum Gasteiger partial charge on any atom is -0.465 e. The second kappa shape index (κ2) is 6.29. The van der Waals surface area contributed by atoms with Crippen LogP contribution >= 0.6 is 0 Å². The second-order valence-electron chi connectivity index (χ2n) is 5.31. The van der Waals surface area contributed by atoms with Crippen molar-refractivity contribution in [3.05, 3.63) is 28.3 Å². The molecule has 1 saturated heterocycles. The normalized spacial score (nSPS) is 16.0. The van der Waals surface area contributed by atoms with Crippen LogP contribution in [0.25, 0.3) is 11.3 Å². The number of carbonyl (C=O) groups excluding carboxylic acids is 1. The lowest BCUT2D eigenvalue weighted by molar-refractivity contribution is 0.0600. The number of nitrogens with zero attached hydrogens (tertiary/aromatic N) is 3. The molecule has 0 amide bonds.